The number of hydrogen-bond acceptors (Lipinski definition) is 3. The Bertz CT molecular complexity index is 213. The molecule has 0 aliphatic heterocycles. The van der Waals surface area contributed by atoms with Crippen LogP contribution in [0.15, 0.2) is 11.6 Å². The summed E-state index contributed by atoms with van der Waals surface area (Å²) in [4.78, 5) is 11.3. The summed E-state index contributed by atoms with van der Waals surface area (Å²) in [6.07, 6.45) is 1.71. The van der Waals surface area contributed by atoms with Crippen LogP contribution in [0.5, 0.6) is 0 Å². The Morgan fingerprint density at radius 2 is 1.92 bits per heavy atom. The van der Waals surface area contributed by atoms with Crippen LogP contribution in [0.2, 0.25) is 0 Å². The van der Waals surface area contributed by atoms with Gasteiger partial charge < -0.3 is 10.5 Å². The normalized spacial score (nSPS) is 15.4. The van der Waals surface area contributed by atoms with Crippen molar-refractivity contribution >= 4 is 5.97 Å². The molecule has 0 aliphatic carbocycles. The fourth-order valence-electron chi connectivity index (χ4n) is 1.01. The van der Waals surface area contributed by atoms with Gasteiger partial charge in [-0.1, -0.05) is 26.8 Å². The Morgan fingerprint density at radius 1 is 1.46 bits per heavy atom. The Kier molecular flexibility index (Phi) is 4.14. The maximum atomic E-state index is 11.3. The molecule has 0 spiro atoms. The SMILES string of the molecule is CC=C(C(=O)OC)C(N)C(C)(C)C. The first-order valence-corrected chi connectivity index (χ1v) is 4.34. The van der Waals surface area contributed by atoms with Crippen LogP contribution in [-0.2, 0) is 9.53 Å². The van der Waals surface area contributed by atoms with Gasteiger partial charge in [0.1, 0.15) is 0 Å². The first kappa shape index (κ1) is 12.2. The molecule has 3 nitrogen and oxygen atoms in total. The van der Waals surface area contributed by atoms with Gasteiger partial charge in [-0.05, 0) is 12.3 Å². The largest absolute Gasteiger partial charge is 0.466 e. The molecule has 0 saturated carbocycles. The Hall–Kier alpha value is -0.830. The summed E-state index contributed by atoms with van der Waals surface area (Å²) < 4.78 is 4.63. The van der Waals surface area contributed by atoms with Crippen molar-refractivity contribution < 1.29 is 9.53 Å². The van der Waals surface area contributed by atoms with E-state index in [0.29, 0.717) is 5.57 Å². The van der Waals surface area contributed by atoms with Crippen molar-refractivity contribution in [2.24, 2.45) is 11.1 Å². The number of esters is 1. The second-order valence-electron chi connectivity index (χ2n) is 4.08. The minimum atomic E-state index is -0.343. The lowest BCUT2D eigenvalue weighted by Crippen LogP contribution is -2.39. The van der Waals surface area contributed by atoms with Gasteiger partial charge in [-0.2, -0.15) is 0 Å². The first-order chi connectivity index (χ1) is 5.84. The number of allylic oxidation sites excluding steroid dienone is 1. The highest BCUT2D eigenvalue weighted by atomic mass is 16.5. The number of carbonyl (C=O) groups excluding carboxylic acids is 1. The van der Waals surface area contributed by atoms with Crippen molar-refractivity contribution in [2.45, 2.75) is 33.7 Å². The standard InChI is InChI=1S/C10H19NO2/c1-6-7(9(12)13-5)8(11)10(2,3)4/h6,8H,11H2,1-5H3. The first-order valence-electron chi connectivity index (χ1n) is 4.34. The van der Waals surface area contributed by atoms with Gasteiger partial charge in [0, 0.05) is 6.04 Å². The van der Waals surface area contributed by atoms with E-state index in [-0.39, 0.29) is 17.4 Å². The van der Waals surface area contributed by atoms with E-state index in [1.165, 1.54) is 7.11 Å². The number of carbonyl (C=O) groups is 1. The van der Waals surface area contributed by atoms with Gasteiger partial charge in [-0.3, -0.25) is 0 Å². The van der Waals surface area contributed by atoms with Crippen LogP contribution in [0.25, 0.3) is 0 Å². The lowest BCUT2D eigenvalue weighted by molar-refractivity contribution is -0.136. The molecule has 0 bridgehead atoms. The molecule has 0 heterocycles. The Balaban J connectivity index is 4.72. The summed E-state index contributed by atoms with van der Waals surface area (Å²) in [6, 6.07) is -0.287. The molecule has 13 heavy (non-hydrogen) atoms. The van der Waals surface area contributed by atoms with Crippen molar-refractivity contribution in [3.63, 3.8) is 0 Å². The van der Waals surface area contributed by atoms with Gasteiger partial charge in [-0.15, -0.1) is 0 Å². The van der Waals surface area contributed by atoms with Crippen LogP contribution in [0.3, 0.4) is 0 Å². The zero-order chi connectivity index (χ0) is 10.6. The fourth-order valence-corrected chi connectivity index (χ4v) is 1.01. The van der Waals surface area contributed by atoms with Gasteiger partial charge in [-0.25, -0.2) is 4.79 Å². The molecule has 3 heteroatoms. The lowest BCUT2D eigenvalue weighted by Gasteiger charge is -2.27. The van der Waals surface area contributed by atoms with E-state index in [9.17, 15) is 4.79 Å². The third-order valence-electron chi connectivity index (χ3n) is 2.00. The van der Waals surface area contributed by atoms with E-state index in [1.807, 2.05) is 20.8 Å². The zero-order valence-electron chi connectivity index (χ0n) is 9.05. The monoisotopic (exact) mass is 185 g/mol. The highest BCUT2D eigenvalue weighted by Crippen LogP contribution is 2.23. The number of ether oxygens (including phenoxy) is 1. The molecule has 1 atom stereocenters. The van der Waals surface area contributed by atoms with Crippen LogP contribution in [-0.4, -0.2) is 19.1 Å². The molecule has 0 saturated heterocycles. The molecule has 0 aromatic heterocycles. The summed E-state index contributed by atoms with van der Waals surface area (Å²) in [7, 11) is 1.36. The van der Waals surface area contributed by atoms with E-state index in [1.54, 1.807) is 13.0 Å². The smallest absolute Gasteiger partial charge is 0.335 e. The van der Waals surface area contributed by atoms with E-state index in [0.717, 1.165) is 0 Å². The average Bonchev–Trinajstić information content (AvgIpc) is 2.03. The summed E-state index contributed by atoms with van der Waals surface area (Å²) in [5.41, 5.74) is 6.32. The van der Waals surface area contributed by atoms with Crippen LogP contribution < -0.4 is 5.73 Å². The van der Waals surface area contributed by atoms with E-state index >= 15 is 0 Å². The predicted octanol–water partition coefficient (Wildman–Crippen LogP) is 1.48. The Labute approximate surface area is 79.9 Å². The molecule has 0 aliphatic rings. The molecular formula is C10H19NO2. The highest BCUT2D eigenvalue weighted by molar-refractivity contribution is 5.89. The molecule has 0 amide bonds. The summed E-state index contributed by atoms with van der Waals surface area (Å²) in [6.45, 7) is 7.76. The van der Waals surface area contributed by atoms with Crippen molar-refractivity contribution in [1.82, 2.24) is 0 Å². The quantitative estimate of drug-likeness (QED) is 0.523. The highest BCUT2D eigenvalue weighted by Gasteiger charge is 2.28. The molecule has 0 radical (unpaired) electrons. The third-order valence-corrected chi connectivity index (χ3v) is 2.00. The van der Waals surface area contributed by atoms with Gasteiger partial charge in [0.05, 0.1) is 12.7 Å². The lowest BCUT2D eigenvalue weighted by atomic mass is 9.82. The molecule has 0 fully saturated rings. The third kappa shape index (κ3) is 3.19. The van der Waals surface area contributed by atoms with Gasteiger partial charge in [0.25, 0.3) is 0 Å². The number of nitrogens with two attached hydrogens (primary N) is 1. The molecule has 2 N–H and O–H groups in total. The molecular weight excluding hydrogens is 166 g/mol. The summed E-state index contributed by atoms with van der Waals surface area (Å²) in [5, 5.41) is 0. The van der Waals surface area contributed by atoms with Gasteiger partial charge in [0.15, 0.2) is 0 Å². The topological polar surface area (TPSA) is 52.3 Å². The molecule has 76 valence electrons. The van der Waals surface area contributed by atoms with Crippen molar-refractivity contribution in [3.05, 3.63) is 11.6 Å². The van der Waals surface area contributed by atoms with E-state index < -0.39 is 0 Å². The molecule has 1 unspecified atom stereocenters. The van der Waals surface area contributed by atoms with Crippen LogP contribution in [0.1, 0.15) is 27.7 Å². The summed E-state index contributed by atoms with van der Waals surface area (Å²) in [5.74, 6) is -0.343. The fraction of sp³-hybridized carbons (Fsp3) is 0.700. The van der Waals surface area contributed by atoms with Crippen molar-refractivity contribution in [3.8, 4) is 0 Å². The average molecular weight is 185 g/mol. The molecule has 0 aromatic carbocycles. The van der Waals surface area contributed by atoms with Crippen molar-refractivity contribution in [2.75, 3.05) is 7.11 Å². The van der Waals surface area contributed by atoms with Crippen LogP contribution in [0, 0.1) is 5.41 Å². The number of hydrogen-bond donors (Lipinski definition) is 1. The number of rotatable bonds is 2. The van der Waals surface area contributed by atoms with E-state index in [4.69, 9.17) is 5.73 Å². The second-order valence-corrected chi connectivity index (χ2v) is 4.08. The minimum Gasteiger partial charge on any atom is -0.466 e. The van der Waals surface area contributed by atoms with Crippen LogP contribution >= 0.6 is 0 Å². The van der Waals surface area contributed by atoms with Crippen LogP contribution in [0.4, 0.5) is 0 Å². The minimum absolute atomic E-state index is 0.129. The second kappa shape index (κ2) is 4.42. The molecule has 0 aromatic rings. The van der Waals surface area contributed by atoms with E-state index in [2.05, 4.69) is 4.74 Å². The maximum Gasteiger partial charge on any atom is 0.335 e. The Morgan fingerprint density at radius 3 is 2.15 bits per heavy atom. The maximum absolute atomic E-state index is 11.3. The number of methoxy groups -OCH3 is 1. The zero-order valence-corrected chi connectivity index (χ0v) is 9.05. The molecule has 0 rings (SSSR count). The van der Waals surface area contributed by atoms with Crippen molar-refractivity contribution in [1.29, 1.82) is 0 Å². The summed E-state index contributed by atoms with van der Waals surface area (Å²) >= 11 is 0. The van der Waals surface area contributed by atoms with Gasteiger partial charge in [0.2, 0.25) is 0 Å². The van der Waals surface area contributed by atoms with Gasteiger partial charge >= 0.3 is 5.97 Å². The predicted molar refractivity (Wildman–Crippen MR) is 53.2 cm³/mol.